The van der Waals surface area contributed by atoms with Crippen LogP contribution in [0.5, 0.6) is 0 Å². The maximum absolute atomic E-state index is 11.6. The number of aromatic nitrogens is 4. The van der Waals surface area contributed by atoms with Crippen LogP contribution in [0, 0.1) is 0 Å². The van der Waals surface area contributed by atoms with Gasteiger partial charge in [0.25, 0.3) is 5.56 Å². The lowest BCUT2D eigenvalue weighted by Crippen LogP contribution is -2.44. The first-order valence-electron chi connectivity index (χ1n) is 6.15. The molecule has 0 aromatic carbocycles. The Morgan fingerprint density at radius 2 is 2.32 bits per heavy atom. The summed E-state index contributed by atoms with van der Waals surface area (Å²) in [6, 6.07) is 0. The molecule has 2 aromatic rings. The summed E-state index contributed by atoms with van der Waals surface area (Å²) in [5.41, 5.74) is 6.15. The Morgan fingerprint density at radius 3 is 3.00 bits per heavy atom. The standard InChI is InChI=1S/C10H11N7O5/c11-16-15-10(1-18)6(20)5(19)9(22-10)17-3-14-4-7(17)12-2-13-8(4)21/h2-3,5-6,9,18-20H,1H2,(H,12,13,21)/t5?,6?,9-,10-/m1/s1. The second-order valence-electron chi connectivity index (χ2n) is 4.69. The quantitative estimate of drug-likeness (QED) is 0.298. The third kappa shape index (κ3) is 1.87. The smallest absolute Gasteiger partial charge is 0.278 e. The molecular weight excluding hydrogens is 298 g/mol. The highest BCUT2D eigenvalue weighted by Gasteiger charge is 2.55. The van der Waals surface area contributed by atoms with E-state index in [0.29, 0.717) is 0 Å². The van der Waals surface area contributed by atoms with Crippen molar-refractivity contribution in [2.24, 2.45) is 5.11 Å². The van der Waals surface area contributed by atoms with Gasteiger partial charge in [-0.25, -0.2) is 9.97 Å². The molecule has 12 heteroatoms. The highest BCUT2D eigenvalue weighted by molar-refractivity contribution is 5.68. The van der Waals surface area contributed by atoms with Crippen molar-refractivity contribution in [2.45, 2.75) is 24.2 Å². The van der Waals surface area contributed by atoms with E-state index in [0.717, 1.165) is 6.33 Å². The van der Waals surface area contributed by atoms with Crippen molar-refractivity contribution in [1.82, 2.24) is 19.5 Å². The summed E-state index contributed by atoms with van der Waals surface area (Å²) in [5, 5.41) is 32.7. The van der Waals surface area contributed by atoms with Crippen LogP contribution in [0.3, 0.4) is 0 Å². The predicted molar refractivity (Wildman–Crippen MR) is 69.2 cm³/mol. The molecule has 1 saturated heterocycles. The van der Waals surface area contributed by atoms with Gasteiger partial charge in [-0.05, 0) is 5.53 Å². The van der Waals surface area contributed by atoms with Crippen LogP contribution in [0.2, 0.25) is 0 Å². The number of ether oxygens (including phenoxy) is 1. The van der Waals surface area contributed by atoms with Gasteiger partial charge in [-0.1, -0.05) is 5.11 Å². The SMILES string of the molecule is [N-]=[N+]=N[C@]1(CO)O[C@@H](n2cnc3c(=O)[nH]cnc32)C(O)C1O. The second kappa shape index (κ2) is 5.05. The lowest BCUT2D eigenvalue weighted by atomic mass is 10.1. The third-order valence-corrected chi connectivity index (χ3v) is 3.48. The summed E-state index contributed by atoms with van der Waals surface area (Å²) < 4.78 is 6.57. The van der Waals surface area contributed by atoms with Crippen molar-refractivity contribution in [3.8, 4) is 0 Å². The van der Waals surface area contributed by atoms with Gasteiger partial charge in [0.1, 0.15) is 12.2 Å². The Labute approximate surface area is 121 Å². The third-order valence-electron chi connectivity index (χ3n) is 3.48. The first-order chi connectivity index (χ1) is 10.5. The Hall–Kier alpha value is -2.50. The van der Waals surface area contributed by atoms with Crippen LogP contribution in [0.15, 0.2) is 22.6 Å². The minimum atomic E-state index is -2.03. The number of aliphatic hydroxyl groups excluding tert-OH is 3. The van der Waals surface area contributed by atoms with E-state index in [-0.39, 0.29) is 11.2 Å². The van der Waals surface area contributed by atoms with Crippen molar-refractivity contribution in [3.05, 3.63) is 33.5 Å². The van der Waals surface area contributed by atoms with Crippen molar-refractivity contribution in [2.75, 3.05) is 6.61 Å². The average Bonchev–Trinajstić information content (AvgIpc) is 3.04. The van der Waals surface area contributed by atoms with Gasteiger partial charge in [0.2, 0.25) is 5.72 Å². The topological polar surface area (TPSA) is 182 Å². The Morgan fingerprint density at radius 1 is 1.55 bits per heavy atom. The zero-order valence-electron chi connectivity index (χ0n) is 10.9. The summed E-state index contributed by atoms with van der Waals surface area (Å²) in [6.45, 7) is -0.841. The zero-order valence-corrected chi connectivity index (χ0v) is 10.9. The number of imidazole rings is 1. The van der Waals surface area contributed by atoms with Gasteiger partial charge < -0.3 is 25.0 Å². The molecule has 116 valence electrons. The van der Waals surface area contributed by atoms with Gasteiger partial charge in [0.15, 0.2) is 17.4 Å². The number of rotatable bonds is 3. The summed E-state index contributed by atoms with van der Waals surface area (Å²) >= 11 is 0. The van der Waals surface area contributed by atoms with Gasteiger partial charge in [0, 0.05) is 4.91 Å². The molecule has 0 radical (unpaired) electrons. The molecule has 1 fully saturated rings. The molecule has 3 heterocycles. The lowest BCUT2D eigenvalue weighted by molar-refractivity contribution is -0.123. The molecule has 0 spiro atoms. The van der Waals surface area contributed by atoms with E-state index in [1.165, 1.54) is 10.9 Å². The van der Waals surface area contributed by atoms with E-state index in [9.17, 15) is 20.1 Å². The summed E-state index contributed by atoms with van der Waals surface area (Å²) in [7, 11) is 0. The Balaban J connectivity index is 2.10. The van der Waals surface area contributed by atoms with Gasteiger partial charge >= 0.3 is 0 Å². The number of azide groups is 1. The molecule has 1 aliphatic heterocycles. The first kappa shape index (κ1) is 14.4. The minimum absolute atomic E-state index is 0.0121. The van der Waals surface area contributed by atoms with Crippen molar-refractivity contribution in [1.29, 1.82) is 0 Å². The predicted octanol–water partition coefficient (Wildman–Crippen LogP) is -1.63. The van der Waals surface area contributed by atoms with Crippen LogP contribution in [0.4, 0.5) is 0 Å². The second-order valence-corrected chi connectivity index (χ2v) is 4.69. The van der Waals surface area contributed by atoms with Crippen LogP contribution >= 0.6 is 0 Å². The molecule has 4 N–H and O–H groups in total. The molecule has 4 atom stereocenters. The fourth-order valence-electron chi connectivity index (χ4n) is 2.36. The van der Waals surface area contributed by atoms with Crippen LogP contribution in [0.1, 0.15) is 6.23 Å². The van der Waals surface area contributed by atoms with Crippen molar-refractivity contribution in [3.63, 3.8) is 0 Å². The summed E-state index contributed by atoms with van der Waals surface area (Å²) in [4.78, 5) is 24.3. The molecule has 0 aliphatic carbocycles. The van der Waals surface area contributed by atoms with Crippen LogP contribution in [0.25, 0.3) is 21.6 Å². The number of nitrogens with one attached hydrogen (secondary N) is 1. The highest BCUT2D eigenvalue weighted by Crippen LogP contribution is 2.38. The number of nitrogens with zero attached hydrogens (tertiary/aromatic N) is 6. The van der Waals surface area contributed by atoms with E-state index >= 15 is 0 Å². The fourth-order valence-corrected chi connectivity index (χ4v) is 2.36. The van der Waals surface area contributed by atoms with Gasteiger partial charge in [0.05, 0.1) is 19.3 Å². The van der Waals surface area contributed by atoms with Gasteiger partial charge in [-0.15, -0.1) is 0 Å². The van der Waals surface area contributed by atoms with Crippen LogP contribution in [-0.2, 0) is 4.74 Å². The molecule has 2 unspecified atom stereocenters. The van der Waals surface area contributed by atoms with E-state index in [2.05, 4.69) is 25.0 Å². The largest absolute Gasteiger partial charge is 0.393 e. The minimum Gasteiger partial charge on any atom is -0.393 e. The molecule has 0 saturated carbocycles. The maximum atomic E-state index is 11.6. The summed E-state index contributed by atoms with van der Waals surface area (Å²) in [6.07, 6.45) is -2.11. The monoisotopic (exact) mass is 309 g/mol. The molecule has 12 nitrogen and oxygen atoms in total. The molecular formula is C10H11N7O5. The lowest BCUT2D eigenvalue weighted by Gasteiger charge is -2.23. The number of hydrogen-bond acceptors (Lipinski definition) is 8. The Kier molecular flexibility index (Phi) is 3.31. The Bertz CT molecular complexity index is 811. The van der Waals surface area contributed by atoms with E-state index in [1.54, 1.807) is 0 Å². The van der Waals surface area contributed by atoms with E-state index in [1.807, 2.05) is 0 Å². The molecule has 1 aliphatic rings. The van der Waals surface area contributed by atoms with Gasteiger partial charge in [-0.3, -0.25) is 9.36 Å². The van der Waals surface area contributed by atoms with E-state index < -0.39 is 36.3 Å². The van der Waals surface area contributed by atoms with Crippen molar-refractivity contribution >= 4 is 11.2 Å². The van der Waals surface area contributed by atoms with Crippen LogP contribution in [-0.4, -0.2) is 59.4 Å². The summed E-state index contributed by atoms with van der Waals surface area (Å²) in [5.74, 6) is 0. The average molecular weight is 309 g/mol. The molecule has 22 heavy (non-hydrogen) atoms. The maximum Gasteiger partial charge on any atom is 0.278 e. The number of aromatic amines is 1. The van der Waals surface area contributed by atoms with Gasteiger partial charge in [-0.2, -0.15) is 0 Å². The zero-order chi connectivity index (χ0) is 15.9. The van der Waals surface area contributed by atoms with E-state index in [4.69, 9.17) is 10.3 Å². The molecule has 0 bridgehead atoms. The highest BCUT2D eigenvalue weighted by atomic mass is 16.6. The van der Waals surface area contributed by atoms with Crippen LogP contribution < -0.4 is 5.56 Å². The first-order valence-corrected chi connectivity index (χ1v) is 6.15. The fraction of sp³-hybridized carbons (Fsp3) is 0.500. The van der Waals surface area contributed by atoms with Crippen molar-refractivity contribution < 1.29 is 20.1 Å². The normalized spacial score (nSPS) is 31.3. The molecule has 3 rings (SSSR count). The number of fused-ring (bicyclic) bond motifs is 1. The molecule has 0 amide bonds. The molecule has 2 aromatic heterocycles. The number of aliphatic hydroxyl groups is 3. The number of H-pyrrole nitrogens is 1. The number of hydrogen-bond donors (Lipinski definition) is 4.